The number of hydrogen-bond acceptors (Lipinski definition) is 9. The van der Waals surface area contributed by atoms with Crippen LogP contribution in [0.5, 0.6) is 5.75 Å². The smallest absolute Gasteiger partial charge is 0.459 e. The maximum absolute atomic E-state index is 13.8. The van der Waals surface area contributed by atoms with Crippen LogP contribution in [-0.4, -0.2) is 51.1 Å². The minimum atomic E-state index is -4.18. The van der Waals surface area contributed by atoms with Gasteiger partial charge in [0, 0.05) is 12.3 Å². The normalized spacial score (nSPS) is 29.8. The molecule has 12 nitrogen and oxygen atoms in total. The largest absolute Gasteiger partial charge is 0.462 e. The van der Waals surface area contributed by atoms with Gasteiger partial charge in [-0.05, 0) is 32.9 Å². The van der Waals surface area contributed by atoms with Crippen LogP contribution < -0.4 is 20.9 Å². The molecular formula is C22H28N3O9P. The topological polar surface area (TPSA) is 158 Å². The number of aliphatic hydroxyl groups is 1. The van der Waals surface area contributed by atoms with Crippen LogP contribution in [0.25, 0.3) is 0 Å². The zero-order valence-corrected chi connectivity index (χ0v) is 20.5. The van der Waals surface area contributed by atoms with Crippen molar-refractivity contribution in [2.75, 3.05) is 0 Å². The van der Waals surface area contributed by atoms with Crippen LogP contribution in [0.3, 0.4) is 0 Å². The number of aromatic amines is 1. The van der Waals surface area contributed by atoms with Gasteiger partial charge in [-0.1, -0.05) is 25.1 Å². The highest BCUT2D eigenvalue weighted by molar-refractivity contribution is 7.52. The van der Waals surface area contributed by atoms with Crippen LogP contribution in [-0.2, 0) is 23.4 Å². The molecule has 1 aromatic carbocycles. The fourth-order valence-corrected chi connectivity index (χ4v) is 5.80. The number of esters is 1. The summed E-state index contributed by atoms with van der Waals surface area (Å²) in [5.74, 6) is -0.403. The Morgan fingerprint density at radius 2 is 1.91 bits per heavy atom. The zero-order chi connectivity index (χ0) is 25.5. The Bertz CT molecular complexity index is 1250. The lowest BCUT2D eigenvalue weighted by atomic mass is 10.0. The van der Waals surface area contributed by atoms with Gasteiger partial charge in [-0.15, -0.1) is 0 Å². The summed E-state index contributed by atoms with van der Waals surface area (Å²) in [6, 6.07) is 8.38. The Hall–Kier alpha value is -2.76. The molecule has 0 bridgehead atoms. The number of aliphatic hydroxyl groups excluding tert-OH is 1. The number of benzene rings is 1. The molecule has 4 rings (SSSR count). The first kappa shape index (κ1) is 25.3. The molecule has 1 saturated carbocycles. The quantitative estimate of drug-likeness (QED) is 0.332. The lowest BCUT2D eigenvalue weighted by Crippen LogP contribution is -2.40. The van der Waals surface area contributed by atoms with Gasteiger partial charge in [0.2, 0.25) is 0 Å². The zero-order valence-electron chi connectivity index (χ0n) is 19.6. The van der Waals surface area contributed by atoms with Crippen molar-refractivity contribution in [1.29, 1.82) is 0 Å². The second kappa shape index (κ2) is 9.36. The van der Waals surface area contributed by atoms with E-state index in [1.807, 2.05) is 0 Å². The van der Waals surface area contributed by atoms with Crippen LogP contribution in [0.2, 0.25) is 0 Å². The molecule has 2 aliphatic rings. The fraction of sp³-hybridized carbons (Fsp3) is 0.500. The van der Waals surface area contributed by atoms with Gasteiger partial charge in [-0.25, -0.2) is 9.36 Å². The molecule has 190 valence electrons. The molecule has 13 heteroatoms. The first-order valence-corrected chi connectivity index (χ1v) is 12.7. The monoisotopic (exact) mass is 509 g/mol. The number of fused-ring (bicyclic) bond motifs is 1. The Kier molecular flexibility index (Phi) is 6.78. The summed E-state index contributed by atoms with van der Waals surface area (Å²) in [5.41, 5.74) is -2.34. The molecule has 3 N–H and O–H groups in total. The molecule has 1 saturated heterocycles. The van der Waals surface area contributed by atoms with Crippen LogP contribution in [0.15, 0.2) is 52.2 Å². The number of nitrogens with zero attached hydrogens (tertiary/aromatic N) is 1. The van der Waals surface area contributed by atoms with Crippen molar-refractivity contribution in [3.8, 4) is 5.75 Å². The van der Waals surface area contributed by atoms with E-state index in [0.29, 0.717) is 0 Å². The SMILES string of the molecule is CC(C)OC(=O)[C@H](C)NP(=O)(Oc1ccccc1)OC1[C@H]2O[C@@H](n3ccc(=O)[nH]c3=O)[C@H](O)[C@@]12C. The van der Waals surface area contributed by atoms with Gasteiger partial charge in [0.15, 0.2) is 6.23 Å². The second-order valence-corrected chi connectivity index (χ2v) is 10.7. The van der Waals surface area contributed by atoms with Crippen molar-refractivity contribution in [3.63, 3.8) is 0 Å². The fourth-order valence-electron chi connectivity index (χ4n) is 4.03. The molecule has 0 spiro atoms. The van der Waals surface area contributed by atoms with Crippen molar-refractivity contribution in [1.82, 2.24) is 14.6 Å². The van der Waals surface area contributed by atoms with E-state index >= 15 is 0 Å². The minimum Gasteiger partial charge on any atom is -0.462 e. The van der Waals surface area contributed by atoms with Crippen LogP contribution in [0, 0.1) is 5.41 Å². The van der Waals surface area contributed by atoms with Crippen molar-refractivity contribution >= 4 is 13.7 Å². The average Bonchev–Trinajstić information content (AvgIpc) is 3.22. The van der Waals surface area contributed by atoms with Crippen molar-refractivity contribution in [3.05, 3.63) is 63.4 Å². The summed E-state index contributed by atoms with van der Waals surface area (Å²) in [7, 11) is -4.18. The molecule has 1 aliphatic carbocycles. The standard InChI is InChI=1S/C22H28N3O9P/c1-12(2)31-20(28)13(3)24-35(30,33-14-8-6-5-7-9-14)34-18-17-22(18,4)16(27)19(32-17)25-11-10-15(26)23-21(25)29/h5-13,16-19,27H,1-4H3,(H,24,30)(H,23,26,29)/t13-,16-,17+,18?,19+,22+,35?/m0/s1. The number of para-hydroxylation sites is 1. The Morgan fingerprint density at radius 3 is 2.49 bits per heavy atom. The summed E-state index contributed by atoms with van der Waals surface area (Å²) >= 11 is 0. The summed E-state index contributed by atoms with van der Waals surface area (Å²) in [6.07, 6.45) is -3.05. The number of ether oxygens (including phenoxy) is 2. The van der Waals surface area contributed by atoms with E-state index in [0.717, 1.165) is 10.6 Å². The molecular weight excluding hydrogens is 481 g/mol. The predicted molar refractivity (Wildman–Crippen MR) is 123 cm³/mol. The van der Waals surface area contributed by atoms with Crippen LogP contribution in [0.4, 0.5) is 0 Å². The van der Waals surface area contributed by atoms with Gasteiger partial charge in [0.05, 0.1) is 17.6 Å². The van der Waals surface area contributed by atoms with Crippen molar-refractivity contribution in [2.45, 2.75) is 64.4 Å². The number of aromatic nitrogens is 2. The van der Waals surface area contributed by atoms with Gasteiger partial charge < -0.3 is 19.1 Å². The predicted octanol–water partition coefficient (Wildman–Crippen LogP) is 1.32. The highest BCUT2D eigenvalue weighted by atomic mass is 31.2. The van der Waals surface area contributed by atoms with Gasteiger partial charge in [-0.2, -0.15) is 5.09 Å². The Balaban J connectivity index is 1.53. The third-order valence-corrected chi connectivity index (χ3v) is 7.65. The van der Waals surface area contributed by atoms with Gasteiger partial charge in [0.1, 0.15) is 24.0 Å². The van der Waals surface area contributed by atoms with E-state index in [4.69, 9.17) is 18.5 Å². The number of carbonyl (C=O) groups excluding carboxylic acids is 1. The summed E-state index contributed by atoms with van der Waals surface area (Å²) < 4.78 is 37.3. The molecule has 7 atom stereocenters. The number of nitrogens with one attached hydrogen (secondary N) is 2. The Morgan fingerprint density at radius 1 is 1.23 bits per heavy atom. The molecule has 2 aromatic rings. The molecule has 2 fully saturated rings. The molecule has 2 heterocycles. The average molecular weight is 509 g/mol. The maximum atomic E-state index is 13.8. The molecule has 2 unspecified atom stereocenters. The molecule has 35 heavy (non-hydrogen) atoms. The summed E-state index contributed by atoms with van der Waals surface area (Å²) in [4.78, 5) is 37.9. The van der Waals surface area contributed by atoms with E-state index in [1.165, 1.54) is 13.1 Å². The van der Waals surface area contributed by atoms with Gasteiger partial charge >= 0.3 is 19.4 Å². The number of H-pyrrole nitrogens is 1. The lowest BCUT2D eigenvalue weighted by molar-refractivity contribution is -0.149. The first-order valence-electron chi connectivity index (χ1n) is 11.1. The molecule has 0 amide bonds. The van der Waals surface area contributed by atoms with Gasteiger partial charge in [0.25, 0.3) is 5.56 Å². The highest BCUT2D eigenvalue weighted by Crippen LogP contribution is 2.66. The van der Waals surface area contributed by atoms with Gasteiger partial charge in [-0.3, -0.25) is 23.7 Å². The second-order valence-electron chi connectivity index (χ2n) is 9.04. The van der Waals surface area contributed by atoms with E-state index in [2.05, 4.69) is 10.1 Å². The number of hydrogen-bond donors (Lipinski definition) is 3. The van der Waals surface area contributed by atoms with Crippen molar-refractivity contribution in [2.24, 2.45) is 5.41 Å². The highest BCUT2D eigenvalue weighted by Gasteiger charge is 2.76. The number of rotatable bonds is 9. The maximum Gasteiger partial charge on any atom is 0.459 e. The van der Waals surface area contributed by atoms with Crippen molar-refractivity contribution < 1.29 is 33.0 Å². The lowest BCUT2D eigenvalue weighted by Gasteiger charge is -2.27. The third-order valence-electron chi connectivity index (χ3n) is 5.99. The number of carbonyl (C=O) groups is 1. The van der Waals surface area contributed by atoms with E-state index in [-0.39, 0.29) is 11.9 Å². The van der Waals surface area contributed by atoms with Crippen LogP contribution >= 0.6 is 7.75 Å². The summed E-state index contributed by atoms with van der Waals surface area (Å²) in [6.45, 7) is 6.51. The van der Waals surface area contributed by atoms with Crippen LogP contribution in [0.1, 0.15) is 33.9 Å². The minimum absolute atomic E-state index is 0.239. The molecule has 1 aromatic heterocycles. The molecule has 0 radical (unpaired) electrons. The molecule has 1 aliphatic heterocycles. The van der Waals surface area contributed by atoms with E-state index < -0.39 is 61.0 Å². The van der Waals surface area contributed by atoms with E-state index in [1.54, 1.807) is 51.1 Å². The third kappa shape index (κ3) is 4.98. The Labute approximate surface area is 200 Å². The van der Waals surface area contributed by atoms with E-state index in [9.17, 15) is 24.1 Å². The summed E-state index contributed by atoms with van der Waals surface area (Å²) in [5, 5.41) is 13.6. The first-order chi connectivity index (χ1) is 16.4.